The smallest absolute Gasteiger partial charge is 0.142 e. The van der Waals surface area contributed by atoms with Gasteiger partial charge in [-0.2, -0.15) is 0 Å². The molecule has 0 radical (unpaired) electrons. The van der Waals surface area contributed by atoms with Gasteiger partial charge in [-0.1, -0.05) is 29.8 Å². The van der Waals surface area contributed by atoms with Crippen molar-refractivity contribution < 1.29 is 9.13 Å². The van der Waals surface area contributed by atoms with Crippen molar-refractivity contribution in [1.82, 2.24) is 0 Å². The molecule has 1 unspecified atom stereocenters. The van der Waals surface area contributed by atoms with Crippen LogP contribution in [0.4, 0.5) is 4.39 Å². The van der Waals surface area contributed by atoms with Crippen LogP contribution < -0.4 is 10.5 Å². The highest BCUT2D eigenvalue weighted by molar-refractivity contribution is 6.31. The topological polar surface area (TPSA) is 35.2 Å². The van der Waals surface area contributed by atoms with Crippen molar-refractivity contribution in [2.75, 3.05) is 7.11 Å². The van der Waals surface area contributed by atoms with Crippen LogP contribution in [-0.2, 0) is 0 Å². The third kappa shape index (κ3) is 2.72. The molecular formula is C15H15ClFNO. The lowest BCUT2D eigenvalue weighted by atomic mass is 9.95. The highest BCUT2D eigenvalue weighted by atomic mass is 35.5. The molecule has 0 fully saturated rings. The molecule has 2 N–H and O–H groups in total. The van der Waals surface area contributed by atoms with Gasteiger partial charge in [-0.15, -0.1) is 0 Å². The van der Waals surface area contributed by atoms with E-state index < -0.39 is 11.9 Å². The van der Waals surface area contributed by atoms with Gasteiger partial charge < -0.3 is 10.5 Å². The number of methoxy groups -OCH3 is 1. The molecule has 2 aromatic carbocycles. The Morgan fingerprint density at radius 2 is 1.95 bits per heavy atom. The first-order valence-electron chi connectivity index (χ1n) is 5.88. The Labute approximate surface area is 117 Å². The maximum atomic E-state index is 13.5. The predicted octanol–water partition coefficient (Wildman–Crippen LogP) is 3.84. The van der Waals surface area contributed by atoms with Gasteiger partial charge in [0.15, 0.2) is 0 Å². The summed E-state index contributed by atoms with van der Waals surface area (Å²) in [6.07, 6.45) is 0. The van der Waals surface area contributed by atoms with Crippen LogP contribution in [0.1, 0.15) is 22.7 Å². The molecule has 0 aliphatic carbocycles. The Kier molecular flexibility index (Phi) is 4.08. The van der Waals surface area contributed by atoms with Gasteiger partial charge in [0, 0.05) is 0 Å². The molecule has 2 aromatic rings. The zero-order valence-corrected chi connectivity index (χ0v) is 11.5. The second-order valence-corrected chi connectivity index (χ2v) is 4.72. The van der Waals surface area contributed by atoms with Crippen LogP contribution in [0.15, 0.2) is 36.4 Å². The van der Waals surface area contributed by atoms with Crippen LogP contribution >= 0.6 is 11.6 Å². The third-order valence-electron chi connectivity index (χ3n) is 3.13. The summed E-state index contributed by atoms with van der Waals surface area (Å²) in [6.45, 7) is 1.94. The predicted molar refractivity (Wildman–Crippen MR) is 75.2 cm³/mol. The van der Waals surface area contributed by atoms with Gasteiger partial charge in [0.1, 0.15) is 11.6 Å². The van der Waals surface area contributed by atoms with Gasteiger partial charge >= 0.3 is 0 Å². The minimum atomic E-state index is -0.464. The fourth-order valence-electron chi connectivity index (χ4n) is 2.05. The quantitative estimate of drug-likeness (QED) is 0.926. The van der Waals surface area contributed by atoms with E-state index >= 15 is 0 Å². The van der Waals surface area contributed by atoms with Crippen molar-refractivity contribution in [2.24, 2.45) is 5.73 Å². The molecule has 0 aliphatic heterocycles. The summed E-state index contributed by atoms with van der Waals surface area (Å²) < 4.78 is 18.6. The first-order chi connectivity index (χ1) is 9.04. The fourth-order valence-corrected chi connectivity index (χ4v) is 2.30. The number of rotatable bonds is 3. The van der Waals surface area contributed by atoms with Gasteiger partial charge in [-0.25, -0.2) is 4.39 Å². The van der Waals surface area contributed by atoms with E-state index in [4.69, 9.17) is 22.1 Å². The highest BCUT2D eigenvalue weighted by Gasteiger charge is 2.16. The van der Waals surface area contributed by atoms with E-state index in [-0.39, 0.29) is 5.02 Å². The molecule has 0 saturated carbocycles. The zero-order valence-electron chi connectivity index (χ0n) is 10.8. The lowest BCUT2D eigenvalue weighted by Gasteiger charge is -2.17. The van der Waals surface area contributed by atoms with Crippen LogP contribution in [0.3, 0.4) is 0 Å². The van der Waals surface area contributed by atoms with Crippen molar-refractivity contribution >= 4 is 11.6 Å². The van der Waals surface area contributed by atoms with Crippen LogP contribution in [0.2, 0.25) is 5.02 Å². The molecule has 1 atom stereocenters. The highest BCUT2D eigenvalue weighted by Crippen LogP contribution is 2.31. The fraction of sp³-hybridized carbons (Fsp3) is 0.200. The maximum Gasteiger partial charge on any atom is 0.142 e. The monoisotopic (exact) mass is 279 g/mol. The summed E-state index contributed by atoms with van der Waals surface area (Å²) >= 11 is 5.97. The van der Waals surface area contributed by atoms with E-state index in [2.05, 4.69) is 0 Å². The molecule has 2 nitrogen and oxygen atoms in total. The molecule has 2 rings (SSSR count). The van der Waals surface area contributed by atoms with Gasteiger partial charge in [-0.05, 0) is 41.8 Å². The summed E-state index contributed by atoms with van der Waals surface area (Å²) in [6, 6.07) is 9.79. The summed E-state index contributed by atoms with van der Waals surface area (Å²) in [5.41, 5.74) is 8.64. The molecule has 0 amide bonds. The van der Waals surface area contributed by atoms with Gasteiger partial charge in [-0.3, -0.25) is 0 Å². The van der Waals surface area contributed by atoms with Crippen molar-refractivity contribution in [2.45, 2.75) is 13.0 Å². The Morgan fingerprint density at radius 1 is 1.21 bits per heavy atom. The molecule has 0 spiro atoms. The van der Waals surface area contributed by atoms with Gasteiger partial charge in [0.2, 0.25) is 0 Å². The number of hydrogen-bond donors (Lipinski definition) is 1. The molecule has 19 heavy (non-hydrogen) atoms. The first-order valence-corrected chi connectivity index (χ1v) is 6.26. The second kappa shape index (κ2) is 5.59. The average Bonchev–Trinajstić information content (AvgIpc) is 2.41. The maximum absolute atomic E-state index is 13.5. The minimum Gasteiger partial charge on any atom is -0.497 e. The lowest BCUT2D eigenvalue weighted by molar-refractivity contribution is 0.414. The van der Waals surface area contributed by atoms with Gasteiger partial charge in [0.05, 0.1) is 18.2 Å². The van der Waals surface area contributed by atoms with E-state index in [9.17, 15) is 4.39 Å². The van der Waals surface area contributed by atoms with Crippen LogP contribution in [-0.4, -0.2) is 7.11 Å². The first kappa shape index (κ1) is 13.8. The lowest BCUT2D eigenvalue weighted by Crippen LogP contribution is -2.14. The summed E-state index contributed by atoms with van der Waals surface area (Å²) in [5, 5.41) is 0.0743. The van der Waals surface area contributed by atoms with Crippen LogP contribution in [0.5, 0.6) is 5.75 Å². The number of hydrogen-bond acceptors (Lipinski definition) is 2. The SMILES string of the molecule is COc1ccc(C(N)c2cccc(F)c2Cl)c(C)c1. The second-order valence-electron chi connectivity index (χ2n) is 4.34. The van der Waals surface area contributed by atoms with Crippen LogP contribution in [0.25, 0.3) is 0 Å². The van der Waals surface area contributed by atoms with Crippen molar-refractivity contribution in [3.8, 4) is 5.75 Å². The average molecular weight is 280 g/mol. The van der Waals surface area contributed by atoms with E-state index in [0.29, 0.717) is 5.56 Å². The van der Waals surface area contributed by atoms with E-state index in [1.807, 2.05) is 25.1 Å². The molecule has 0 aliphatic rings. The Balaban J connectivity index is 2.44. The zero-order chi connectivity index (χ0) is 14.0. The Bertz CT molecular complexity index is 601. The Hall–Kier alpha value is -1.58. The van der Waals surface area contributed by atoms with Crippen molar-refractivity contribution in [3.63, 3.8) is 0 Å². The largest absolute Gasteiger partial charge is 0.497 e. The molecular weight excluding hydrogens is 265 g/mol. The molecule has 4 heteroatoms. The molecule has 100 valence electrons. The number of benzene rings is 2. The van der Waals surface area contributed by atoms with Crippen molar-refractivity contribution in [3.05, 3.63) is 63.9 Å². The summed E-state index contributed by atoms with van der Waals surface area (Å²) in [7, 11) is 1.61. The number of aryl methyl sites for hydroxylation is 1. The summed E-state index contributed by atoms with van der Waals surface area (Å²) in [5.74, 6) is 0.305. The standard InChI is InChI=1S/C15H15ClFNO/c1-9-8-10(19-2)6-7-11(9)15(18)12-4-3-5-13(17)14(12)16/h3-8,15H,18H2,1-2H3. The number of halogens is 2. The normalized spacial score (nSPS) is 12.3. The minimum absolute atomic E-state index is 0.0743. The molecule has 0 bridgehead atoms. The van der Waals surface area contributed by atoms with E-state index in [1.54, 1.807) is 19.2 Å². The molecule has 0 saturated heterocycles. The van der Waals surface area contributed by atoms with Gasteiger partial charge in [0.25, 0.3) is 0 Å². The molecule has 0 aromatic heterocycles. The van der Waals surface area contributed by atoms with Crippen LogP contribution in [0, 0.1) is 12.7 Å². The summed E-state index contributed by atoms with van der Waals surface area (Å²) in [4.78, 5) is 0. The Morgan fingerprint density at radius 3 is 2.58 bits per heavy atom. The van der Waals surface area contributed by atoms with E-state index in [0.717, 1.165) is 16.9 Å². The molecule has 0 heterocycles. The van der Waals surface area contributed by atoms with E-state index in [1.165, 1.54) is 6.07 Å². The number of nitrogens with two attached hydrogens (primary N) is 1. The number of ether oxygens (including phenoxy) is 1. The van der Waals surface area contributed by atoms with Crippen molar-refractivity contribution in [1.29, 1.82) is 0 Å². The third-order valence-corrected chi connectivity index (χ3v) is 3.53.